The number of thiazole rings is 1. The van der Waals surface area contributed by atoms with Crippen LogP contribution in [0.4, 0.5) is 4.79 Å². The van der Waals surface area contributed by atoms with E-state index in [4.69, 9.17) is 15.6 Å². The van der Waals surface area contributed by atoms with Crippen molar-refractivity contribution >= 4 is 17.4 Å². The molecule has 0 aliphatic carbocycles. The molecule has 0 spiro atoms. The lowest BCUT2D eigenvalue weighted by Crippen LogP contribution is -2.36. The van der Waals surface area contributed by atoms with E-state index in [0.29, 0.717) is 5.01 Å². The summed E-state index contributed by atoms with van der Waals surface area (Å²) in [6, 6.07) is -0.400. The van der Waals surface area contributed by atoms with Crippen molar-refractivity contribution in [1.82, 2.24) is 10.3 Å². The lowest BCUT2D eigenvalue weighted by atomic mass is 10.2. The van der Waals surface area contributed by atoms with Gasteiger partial charge in [0.15, 0.2) is 0 Å². The van der Waals surface area contributed by atoms with E-state index in [2.05, 4.69) is 10.3 Å². The molecule has 0 aromatic carbocycles. The van der Waals surface area contributed by atoms with E-state index < -0.39 is 17.7 Å². The molecule has 0 unspecified atom stereocenters. The van der Waals surface area contributed by atoms with E-state index in [1.54, 1.807) is 27.0 Å². The summed E-state index contributed by atoms with van der Waals surface area (Å²) in [5, 5.41) is 12.2. The largest absolute Gasteiger partial charge is 0.444 e. The zero-order chi connectivity index (χ0) is 13.8. The van der Waals surface area contributed by atoms with E-state index in [0.717, 1.165) is 4.88 Å². The molecule has 0 radical (unpaired) electrons. The Kier molecular flexibility index (Phi) is 5.06. The molecule has 1 aromatic heterocycles. The van der Waals surface area contributed by atoms with Gasteiger partial charge in [0.2, 0.25) is 0 Å². The quantitative estimate of drug-likeness (QED) is 0.764. The van der Waals surface area contributed by atoms with Crippen LogP contribution in [0.15, 0.2) is 6.20 Å². The highest BCUT2D eigenvalue weighted by Gasteiger charge is 2.17. The lowest BCUT2D eigenvalue weighted by molar-refractivity contribution is 0.0524. The van der Waals surface area contributed by atoms with Gasteiger partial charge in [-0.05, 0) is 20.8 Å². The first-order valence-corrected chi connectivity index (χ1v) is 6.41. The van der Waals surface area contributed by atoms with Gasteiger partial charge in [-0.15, -0.1) is 11.3 Å². The van der Waals surface area contributed by atoms with Crippen LogP contribution in [0, 0.1) is 0 Å². The van der Waals surface area contributed by atoms with Crippen LogP contribution in [0.2, 0.25) is 0 Å². The Hall–Kier alpha value is -1.18. The normalized spacial score (nSPS) is 13.2. The van der Waals surface area contributed by atoms with E-state index in [9.17, 15) is 4.79 Å². The minimum atomic E-state index is -0.528. The molecule has 18 heavy (non-hydrogen) atoms. The maximum absolute atomic E-state index is 11.4. The molecule has 1 heterocycles. The highest BCUT2D eigenvalue weighted by Crippen LogP contribution is 2.18. The summed E-state index contributed by atoms with van der Waals surface area (Å²) in [6.07, 6.45) is 1.07. The van der Waals surface area contributed by atoms with Crippen molar-refractivity contribution in [2.24, 2.45) is 5.73 Å². The molecule has 1 atom stereocenters. The summed E-state index contributed by atoms with van der Waals surface area (Å²) in [6.45, 7) is 5.57. The van der Waals surface area contributed by atoms with Gasteiger partial charge in [-0.25, -0.2) is 9.78 Å². The van der Waals surface area contributed by atoms with Gasteiger partial charge in [-0.1, -0.05) is 0 Å². The zero-order valence-electron chi connectivity index (χ0n) is 10.8. The second-order valence-corrected chi connectivity index (χ2v) is 5.96. The topological polar surface area (TPSA) is 97.5 Å². The Morgan fingerprint density at radius 2 is 2.33 bits per heavy atom. The number of nitrogens with one attached hydrogen (secondary N) is 1. The highest BCUT2D eigenvalue weighted by molar-refractivity contribution is 7.11. The SMILES string of the molecule is CC(C)(C)OC(=O)NC[C@H](N)c1ncc(CO)s1. The number of alkyl carbamates (subject to hydrolysis) is 1. The summed E-state index contributed by atoms with van der Waals surface area (Å²) in [5.74, 6) is 0. The zero-order valence-corrected chi connectivity index (χ0v) is 11.6. The third kappa shape index (κ3) is 4.99. The molecule has 0 aliphatic heterocycles. The number of hydrogen-bond acceptors (Lipinski definition) is 6. The van der Waals surface area contributed by atoms with Crippen LogP contribution in [0.3, 0.4) is 0 Å². The predicted molar refractivity (Wildman–Crippen MR) is 69.2 cm³/mol. The number of aromatic nitrogens is 1. The molecule has 0 bridgehead atoms. The molecule has 1 amide bonds. The number of nitrogens with zero attached hydrogens (tertiary/aromatic N) is 1. The van der Waals surface area contributed by atoms with Crippen LogP contribution in [0.1, 0.15) is 36.7 Å². The first kappa shape index (κ1) is 14.9. The number of nitrogens with two attached hydrogens (primary N) is 1. The van der Waals surface area contributed by atoms with Crippen molar-refractivity contribution < 1.29 is 14.6 Å². The number of rotatable bonds is 4. The van der Waals surface area contributed by atoms with Crippen LogP contribution < -0.4 is 11.1 Å². The Morgan fingerprint density at radius 3 is 2.83 bits per heavy atom. The highest BCUT2D eigenvalue weighted by atomic mass is 32.1. The number of ether oxygens (including phenoxy) is 1. The fourth-order valence-electron chi connectivity index (χ4n) is 1.16. The molecule has 0 saturated heterocycles. The molecule has 102 valence electrons. The molecule has 0 saturated carbocycles. The van der Waals surface area contributed by atoms with Gasteiger partial charge in [0.25, 0.3) is 0 Å². The van der Waals surface area contributed by atoms with Gasteiger partial charge in [0.05, 0.1) is 17.5 Å². The van der Waals surface area contributed by atoms with E-state index in [1.165, 1.54) is 11.3 Å². The van der Waals surface area contributed by atoms with E-state index >= 15 is 0 Å². The summed E-state index contributed by atoms with van der Waals surface area (Å²) >= 11 is 1.33. The van der Waals surface area contributed by atoms with Crippen molar-refractivity contribution in [2.45, 2.75) is 39.0 Å². The number of aliphatic hydroxyl groups excluding tert-OH is 1. The van der Waals surface area contributed by atoms with Crippen LogP contribution in [-0.2, 0) is 11.3 Å². The van der Waals surface area contributed by atoms with Crippen LogP contribution in [-0.4, -0.2) is 28.3 Å². The molecule has 1 rings (SSSR count). The van der Waals surface area contributed by atoms with Gasteiger partial charge in [-0.3, -0.25) is 0 Å². The van der Waals surface area contributed by atoms with Crippen molar-refractivity contribution in [3.8, 4) is 0 Å². The van der Waals surface area contributed by atoms with Gasteiger partial charge in [0, 0.05) is 12.7 Å². The Balaban J connectivity index is 2.41. The summed E-state index contributed by atoms with van der Waals surface area (Å²) in [4.78, 5) is 16.2. The fourth-order valence-corrected chi connectivity index (χ4v) is 1.94. The van der Waals surface area contributed by atoms with Crippen molar-refractivity contribution in [2.75, 3.05) is 6.54 Å². The van der Waals surface area contributed by atoms with E-state index in [-0.39, 0.29) is 13.2 Å². The number of carbonyl (C=O) groups excluding carboxylic acids is 1. The number of aliphatic hydroxyl groups is 1. The summed E-state index contributed by atoms with van der Waals surface area (Å²) in [5.41, 5.74) is 5.34. The van der Waals surface area contributed by atoms with Crippen molar-refractivity contribution in [3.05, 3.63) is 16.1 Å². The van der Waals surface area contributed by atoms with Crippen molar-refractivity contribution in [1.29, 1.82) is 0 Å². The van der Waals surface area contributed by atoms with Crippen LogP contribution in [0.5, 0.6) is 0 Å². The molecule has 6 nitrogen and oxygen atoms in total. The second kappa shape index (κ2) is 6.12. The molecular weight excluding hydrogens is 254 g/mol. The fraction of sp³-hybridized carbons (Fsp3) is 0.636. The number of hydrogen-bond donors (Lipinski definition) is 3. The number of carbonyl (C=O) groups is 1. The second-order valence-electron chi connectivity index (χ2n) is 4.81. The monoisotopic (exact) mass is 273 g/mol. The maximum atomic E-state index is 11.4. The van der Waals surface area contributed by atoms with Crippen LogP contribution in [0.25, 0.3) is 0 Å². The molecule has 0 aliphatic rings. The standard InChI is InChI=1S/C11H19N3O3S/c1-11(2,3)17-10(16)14-5-8(12)9-13-4-7(6-15)18-9/h4,8,15H,5-6,12H2,1-3H3,(H,14,16)/t8-/m0/s1. The summed E-state index contributed by atoms with van der Waals surface area (Å²) in [7, 11) is 0. The smallest absolute Gasteiger partial charge is 0.407 e. The molecule has 4 N–H and O–H groups in total. The van der Waals surface area contributed by atoms with Gasteiger partial charge in [-0.2, -0.15) is 0 Å². The van der Waals surface area contributed by atoms with E-state index in [1.807, 2.05) is 0 Å². The average Bonchev–Trinajstić information content (AvgIpc) is 2.72. The molecule has 0 fully saturated rings. The predicted octanol–water partition coefficient (Wildman–Crippen LogP) is 1.16. The summed E-state index contributed by atoms with van der Waals surface area (Å²) < 4.78 is 5.09. The minimum Gasteiger partial charge on any atom is -0.444 e. The third-order valence-electron chi connectivity index (χ3n) is 1.91. The number of amides is 1. The first-order chi connectivity index (χ1) is 8.31. The Bertz CT molecular complexity index is 400. The molecule has 1 aromatic rings. The van der Waals surface area contributed by atoms with Crippen molar-refractivity contribution in [3.63, 3.8) is 0 Å². The van der Waals surface area contributed by atoms with Gasteiger partial charge < -0.3 is 20.9 Å². The Labute approximate surface area is 110 Å². The molecular formula is C11H19N3O3S. The third-order valence-corrected chi connectivity index (χ3v) is 3.02. The minimum absolute atomic E-state index is 0.0517. The van der Waals surface area contributed by atoms with Gasteiger partial charge in [0.1, 0.15) is 10.6 Å². The Morgan fingerprint density at radius 1 is 1.67 bits per heavy atom. The molecule has 7 heteroatoms. The lowest BCUT2D eigenvalue weighted by Gasteiger charge is -2.20. The van der Waals surface area contributed by atoms with Gasteiger partial charge >= 0.3 is 6.09 Å². The van der Waals surface area contributed by atoms with Crippen LogP contribution >= 0.6 is 11.3 Å². The average molecular weight is 273 g/mol. The first-order valence-electron chi connectivity index (χ1n) is 5.59. The maximum Gasteiger partial charge on any atom is 0.407 e.